The van der Waals surface area contributed by atoms with Crippen molar-refractivity contribution in [2.24, 2.45) is 0 Å². The average Bonchev–Trinajstić information content (AvgIpc) is 2.49. The number of carbonyl (C=O) groups is 1. The summed E-state index contributed by atoms with van der Waals surface area (Å²) in [5.74, 6) is -1.48. The second-order valence-corrected chi connectivity index (χ2v) is 5.00. The lowest BCUT2D eigenvalue weighted by Crippen LogP contribution is -2.07. The van der Waals surface area contributed by atoms with Crippen molar-refractivity contribution in [3.05, 3.63) is 57.6 Å². The second-order valence-electron chi connectivity index (χ2n) is 4.14. The molecule has 0 bridgehead atoms. The Bertz CT molecular complexity index is 702. The molecule has 110 valence electrons. The van der Waals surface area contributed by atoms with E-state index in [1.807, 2.05) is 0 Å². The summed E-state index contributed by atoms with van der Waals surface area (Å²) in [5.41, 5.74) is -0.238. The molecule has 0 aliphatic carbocycles. The van der Waals surface area contributed by atoms with Crippen LogP contribution in [0.3, 0.4) is 0 Å². The first-order chi connectivity index (χ1) is 9.97. The molecule has 3 nitrogen and oxygen atoms in total. The predicted octanol–water partition coefficient (Wildman–Crippen LogP) is 3.98. The van der Waals surface area contributed by atoms with Crippen molar-refractivity contribution >= 4 is 21.7 Å². The van der Waals surface area contributed by atoms with Gasteiger partial charge in [0.2, 0.25) is 0 Å². The van der Waals surface area contributed by atoms with E-state index in [0.29, 0.717) is 5.75 Å². The van der Waals surface area contributed by atoms with Gasteiger partial charge in [0, 0.05) is 6.07 Å². The summed E-state index contributed by atoms with van der Waals surface area (Å²) in [6.07, 6.45) is 0. The van der Waals surface area contributed by atoms with Crippen LogP contribution in [0.5, 0.6) is 11.5 Å². The zero-order valence-electron chi connectivity index (χ0n) is 11.2. The van der Waals surface area contributed by atoms with Crippen molar-refractivity contribution in [1.82, 2.24) is 0 Å². The van der Waals surface area contributed by atoms with E-state index in [9.17, 15) is 13.6 Å². The standard InChI is InChI=1S/C15H11BrF2O3/c1-20-8-3-4-9(14(5-8)21-2)15(19)10-6-13(18)11(16)7-12(10)17/h3-7H,1-2H3. The molecule has 2 rings (SSSR count). The number of ether oxygens (including phenoxy) is 2. The molecule has 2 aromatic rings. The van der Waals surface area contributed by atoms with Crippen LogP contribution in [0.2, 0.25) is 0 Å². The van der Waals surface area contributed by atoms with Gasteiger partial charge in [0.25, 0.3) is 0 Å². The van der Waals surface area contributed by atoms with Crippen molar-refractivity contribution in [3.8, 4) is 11.5 Å². The van der Waals surface area contributed by atoms with E-state index >= 15 is 0 Å². The first kappa shape index (κ1) is 15.4. The molecule has 0 amide bonds. The Labute approximate surface area is 128 Å². The minimum absolute atomic E-state index is 0.0433. The van der Waals surface area contributed by atoms with Crippen molar-refractivity contribution in [2.75, 3.05) is 14.2 Å². The van der Waals surface area contributed by atoms with Crippen LogP contribution in [-0.4, -0.2) is 20.0 Å². The summed E-state index contributed by atoms with van der Waals surface area (Å²) in [7, 11) is 2.85. The van der Waals surface area contributed by atoms with Gasteiger partial charge in [-0.1, -0.05) is 0 Å². The highest BCUT2D eigenvalue weighted by atomic mass is 79.9. The first-order valence-corrected chi connectivity index (χ1v) is 6.68. The highest BCUT2D eigenvalue weighted by Crippen LogP contribution is 2.28. The summed E-state index contributed by atoms with van der Waals surface area (Å²) in [6, 6.07) is 6.26. The molecule has 0 aliphatic rings. The van der Waals surface area contributed by atoms with E-state index < -0.39 is 17.4 Å². The Morgan fingerprint density at radius 1 is 1.00 bits per heavy atom. The molecule has 0 unspecified atom stereocenters. The fraction of sp³-hybridized carbons (Fsp3) is 0.133. The molecule has 0 aliphatic heterocycles. The van der Waals surface area contributed by atoms with Gasteiger partial charge in [-0.15, -0.1) is 0 Å². The van der Waals surface area contributed by atoms with E-state index in [0.717, 1.165) is 12.1 Å². The zero-order valence-corrected chi connectivity index (χ0v) is 12.8. The third-order valence-corrected chi connectivity index (χ3v) is 3.52. The van der Waals surface area contributed by atoms with Crippen LogP contribution in [-0.2, 0) is 0 Å². The van der Waals surface area contributed by atoms with Crippen molar-refractivity contribution in [2.45, 2.75) is 0 Å². The van der Waals surface area contributed by atoms with Gasteiger partial charge in [-0.2, -0.15) is 0 Å². The first-order valence-electron chi connectivity index (χ1n) is 5.89. The van der Waals surface area contributed by atoms with E-state index in [2.05, 4.69) is 15.9 Å². The summed E-state index contributed by atoms with van der Waals surface area (Å²) in [6.45, 7) is 0. The molecule has 21 heavy (non-hydrogen) atoms. The van der Waals surface area contributed by atoms with Gasteiger partial charge in [0.1, 0.15) is 23.1 Å². The van der Waals surface area contributed by atoms with Crippen LogP contribution in [0.25, 0.3) is 0 Å². The van der Waals surface area contributed by atoms with Gasteiger partial charge in [-0.3, -0.25) is 4.79 Å². The van der Waals surface area contributed by atoms with Gasteiger partial charge < -0.3 is 9.47 Å². The number of hydrogen-bond acceptors (Lipinski definition) is 3. The highest BCUT2D eigenvalue weighted by Gasteiger charge is 2.20. The van der Waals surface area contributed by atoms with E-state index in [-0.39, 0.29) is 21.3 Å². The summed E-state index contributed by atoms with van der Waals surface area (Å²) in [5, 5.41) is 0. The fourth-order valence-electron chi connectivity index (χ4n) is 1.83. The Morgan fingerprint density at radius 3 is 2.33 bits per heavy atom. The molecule has 0 atom stereocenters. The van der Waals surface area contributed by atoms with Crippen molar-refractivity contribution < 1.29 is 23.0 Å². The molecule has 0 spiro atoms. The van der Waals surface area contributed by atoms with E-state index in [1.165, 1.54) is 26.4 Å². The highest BCUT2D eigenvalue weighted by molar-refractivity contribution is 9.10. The van der Waals surface area contributed by atoms with Crippen molar-refractivity contribution in [1.29, 1.82) is 0 Å². The summed E-state index contributed by atoms with van der Waals surface area (Å²) >= 11 is 2.87. The quantitative estimate of drug-likeness (QED) is 0.614. The van der Waals surface area contributed by atoms with Gasteiger partial charge >= 0.3 is 0 Å². The molecule has 0 aromatic heterocycles. The van der Waals surface area contributed by atoms with Crippen LogP contribution in [0.1, 0.15) is 15.9 Å². The maximum atomic E-state index is 13.9. The van der Waals surface area contributed by atoms with Gasteiger partial charge in [-0.25, -0.2) is 8.78 Å². The molecule has 0 radical (unpaired) electrons. The Kier molecular flexibility index (Phi) is 4.57. The molecule has 0 fully saturated rings. The number of methoxy groups -OCH3 is 2. The van der Waals surface area contributed by atoms with E-state index in [4.69, 9.17) is 9.47 Å². The average molecular weight is 357 g/mol. The number of benzene rings is 2. The number of hydrogen-bond donors (Lipinski definition) is 0. The van der Waals surface area contributed by atoms with Gasteiger partial charge in [-0.05, 0) is 40.2 Å². The number of carbonyl (C=O) groups excluding carboxylic acids is 1. The van der Waals surface area contributed by atoms with Gasteiger partial charge in [0.15, 0.2) is 5.78 Å². The number of ketones is 1. The Hall–Kier alpha value is -1.95. The lowest BCUT2D eigenvalue weighted by molar-refractivity contribution is 0.103. The van der Waals surface area contributed by atoms with Crippen LogP contribution in [0.4, 0.5) is 8.78 Å². The maximum Gasteiger partial charge on any atom is 0.199 e. The second kappa shape index (κ2) is 6.22. The Balaban J connectivity index is 2.52. The van der Waals surface area contributed by atoms with Crippen LogP contribution < -0.4 is 9.47 Å². The SMILES string of the molecule is COc1ccc(C(=O)c2cc(F)c(Br)cc2F)c(OC)c1. The molecular formula is C15H11BrF2O3. The number of halogens is 3. The molecule has 0 saturated heterocycles. The van der Waals surface area contributed by atoms with Crippen LogP contribution >= 0.6 is 15.9 Å². The summed E-state index contributed by atoms with van der Waals surface area (Å²) in [4.78, 5) is 12.4. The molecule has 0 heterocycles. The molecular weight excluding hydrogens is 346 g/mol. The number of rotatable bonds is 4. The minimum Gasteiger partial charge on any atom is -0.497 e. The predicted molar refractivity (Wildman–Crippen MR) is 77.0 cm³/mol. The third-order valence-electron chi connectivity index (χ3n) is 2.91. The lowest BCUT2D eigenvalue weighted by Gasteiger charge is -2.10. The monoisotopic (exact) mass is 356 g/mol. The Morgan fingerprint density at radius 2 is 1.71 bits per heavy atom. The largest absolute Gasteiger partial charge is 0.497 e. The normalized spacial score (nSPS) is 10.3. The smallest absolute Gasteiger partial charge is 0.199 e. The van der Waals surface area contributed by atoms with Crippen LogP contribution in [0.15, 0.2) is 34.8 Å². The van der Waals surface area contributed by atoms with Crippen molar-refractivity contribution in [3.63, 3.8) is 0 Å². The van der Waals surface area contributed by atoms with Crippen LogP contribution in [0, 0.1) is 11.6 Å². The molecule has 2 aromatic carbocycles. The van der Waals surface area contributed by atoms with E-state index in [1.54, 1.807) is 6.07 Å². The summed E-state index contributed by atoms with van der Waals surface area (Å²) < 4.78 is 37.5. The fourth-order valence-corrected chi connectivity index (χ4v) is 2.14. The minimum atomic E-state index is -0.814. The lowest BCUT2D eigenvalue weighted by atomic mass is 10.0. The molecule has 0 N–H and O–H groups in total. The molecule has 6 heteroatoms. The molecule has 0 saturated carbocycles. The topological polar surface area (TPSA) is 35.5 Å². The third kappa shape index (κ3) is 3.05. The van der Waals surface area contributed by atoms with Gasteiger partial charge in [0.05, 0.1) is 29.8 Å². The zero-order chi connectivity index (χ0) is 15.6. The maximum absolute atomic E-state index is 13.9.